The number of nitrogens with zero attached hydrogens (tertiary/aromatic N) is 3. The van der Waals surface area contributed by atoms with Crippen LogP contribution in [0.15, 0.2) is 23.2 Å². The molecule has 0 spiro atoms. The molecule has 1 saturated heterocycles. The number of hydrogen-bond donors (Lipinski definition) is 2. The van der Waals surface area contributed by atoms with Gasteiger partial charge in [-0.3, -0.25) is 14.7 Å². The van der Waals surface area contributed by atoms with Crippen molar-refractivity contribution in [3.05, 3.63) is 34.6 Å². The van der Waals surface area contributed by atoms with Crippen LogP contribution in [0.1, 0.15) is 19.4 Å². The molecular weight excluding hydrogens is 369 g/mol. The Hall–Kier alpha value is -1.86. The van der Waals surface area contributed by atoms with E-state index in [1.807, 2.05) is 13.8 Å². The normalized spacial score (nSPS) is 16.4. The molecule has 0 saturated carbocycles. The van der Waals surface area contributed by atoms with Crippen molar-refractivity contribution in [1.82, 2.24) is 20.4 Å². The maximum atomic E-state index is 14.0. The average Bonchev–Trinajstić information content (AvgIpc) is 2.65. The number of hydrogen-bond acceptors (Lipinski definition) is 3. The summed E-state index contributed by atoms with van der Waals surface area (Å²) in [5.74, 6) is 0.492. The number of nitrogens with one attached hydrogen (secondary N) is 2. The second kappa shape index (κ2) is 9.37. The van der Waals surface area contributed by atoms with Gasteiger partial charge in [-0.2, -0.15) is 0 Å². The largest absolute Gasteiger partial charge is 0.359 e. The number of carbonyl (C=O) groups is 1. The molecule has 1 aromatic rings. The fraction of sp³-hybridized carbons (Fsp3) is 0.579. The van der Waals surface area contributed by atoms with Crippen molar-refractivity contribution in [2.75, 3.05) is 46.8 Å². The van der Waals surface area contributed by atoms with Gasteiger partial charge in [-0.05, 0) is 26.0 Å². The van der Waals surface area contributed by atoms with Gasteiger partial charge in [0.15, 0.2) is 5.96 Å². The van der Waals surface area contributed by atoms with Crippen molar-refractivity contribution in [3.63, 3.8) is 0 Å². The predicted molar refractivity (Wildman–Crippen MR) is 107 cm³/mol. The second-order valence-electron chi connectivity index (χ2n) is 7.33. The molecule has 1 fully saturated rings. The van der Waals surface area contributed by atoms with E-state index in [0.29, 0.717) is 23.7 Å². The van der Waals surface area contributed by atoms with Crippen LogP contribution in [0.3, 0.4) is 0 Å². The highest BCUT2D eigenvalue weighted by molar-refractivity contribution is 6.31. The molecule has 2 N–H and O–H groups in total. The van der Waals surface area contributed by atoms with Crippen LogP contribution in [0.25, 0.3) is 0 Å². The summed E-state index contributed by atoms with van der Waals surface area (Å²) in [5, 5.41) is 6.44. The number of guanidine groups is 1. The van der Waals surface area contributed by atoms with E-state index in [1.54, 1.807) is 26.2 Å². The molecule has 0 bridgehead atoms. The van der Waals surface area contributed by atoms with E-state index < -0.39 is 5.41 Å². The van der Waals surface area contributed by atoms with Crippen molar-refractivity contribution in [2.45, 2.75) is 20.4 Å². The van der Waals surface area contributed by atoms with Crippen molar-refractivity contribution in [2.24, 2.45) is 10.4 Å². The molecule has 2 rings (SSSR count). The highest BCUT2D eigenvalue weighted by atomic mass is 35.5. The standard InChI is InChI=1S/C19H29ClFN5O/c1-19(2,17(27)22-3)13-24-18(23-4)26-10-8-25(9-11-26)12-14-15(20)6-5-7-16(14)21/h5-7H,8-13H2,1-4H3,(H,22,27)(H,23,24). The van der Waals surface area contributed by atoms with Gasteiger partial charge in [0, 0.05) is 63.9 Å². The maximum absolute atomic E-state index is 14.0. The quantitative estimate of drug-likeness (QED) is 0.589. The summed E-state index contributed by atoms with van der Waals surface area (Å²) < 4.78 is 14.0. The fourth-order valence-electron chi connectivity index (χ4n) is 3.08. The molecule has 1 aliphatic rings. The lowest BCUT2D eigenvalue weighted by atomic mass is 9.92. The average molecular weight is 398 g/mol. The van der Waals surface area contributed by atoms with Gasteiger partial charge < -0.3 is 15.5 Å². The lowest BCUT2D eigenvalue weighted by Gasteiger charge is -2.37. The first-order valence-electron chi connectivity index (χ1n) is 9.11. The number of amides is 1. The highest BCUT2D eigenvalue weighted by Crippen LogP contribution is 2.21. The molecule has 0 aromatic heterocycles. The molecule has 0 radical (unpaired) electrons. The number of carbonyl (C=O) groups excluding carboxylic acids is 1. The first-order valence-corrected chi connectivity index (χ1v) is 9.49. The van der Waals surface area contributed by atoms with E-state index in [2.05, 4.69) is 25.4 Å². The second-order valence-corrected chi connectivity index (χ2v) is 7.73. The maximum Gasteiger partial charge on any atom is 0.227 e. The Kier molecular flexibility index (Phi) is 7.44. The van der Waals surface area contributed by atoms with Crippen LogP contribution >= 0.6 is 11.6 Å². The van der Waals surface area contributed by atoms with E-state index in [9.17, 15) is 9.18 Å². The minimum atomic E-state index is -0.534. The van der Waals surface area contributed by atoms with Gasteiger partial charge in [-0.15, -0.1) is 0 Å². The minimum absolute atomic E-state index is 0.0166. The number of rotatable bonds is 5. The first-order chi connectivity index (χ1) is 12.8. The summed E-state index contributed by atoms with van der Waals surface area (Å²) in [6.45, 7) is 7.87. The van der Waals surface area contributed by atoms with Gasteiger partial charge in [0.1, 0.15) is 5.82 Å². The molecule has 0 atom stereocenters. The van der Waals surface area contributed by atoms with Crippen molar-refractivity contribution in [3.8, 4) is 0 Å². The minimum Gasteiger partial charge on any atom is -0.359 e. The van der Waals surface area contributed by atoms with Crippen LogP contribution in [0, 0.1) is 11.2 Å². The third-order valence-corrected chi connectivity index (χ3v) is 5.21. The SMILES string of the molecule is CN=C(NCC(C)(C)C(=O)NC)N1CCN(Cc2c(F)cccc2Cl)CC1. The Morgan fingerprint density at radius 3 is 2.52 bits per heavy atom. The number of aliphatic imine (C=N–C) groups is 1. The van der Waals surface area contributed by atoms with Crippen LogP contribution in [0.5, 0.6) is 0 Å². The van der Waals surface area contributed by atoms with E-state index in [0.717, 1.165) is 32.1 Å². The molecule has 1 amide bonds. The molecule has 0 aliphatic carbocycles. The smallest absolute Gasteiger partial charge is 0.227 e. The molecule has 27 heavy (non-hydrogen) atoms. The van der Waals surface area contributed by atoms with E-state index in [1.165, 1.54) is 6.07 Å². The Labute approximate surface area is 165 Å². The van der Waals surface area contributed by atoms with Gasteiger partial charge in [0.25, 0.3) is 0 Å². The van der Waals surface area contributed by atoms with Crippen molar-refractivity contribution >= 4 is 23.5 Å². The van der Waals surface area contributed by atoms with Crippen LogP contribution in [0.4, 0.5) is 4.39 Å². The van der Waals surface area contributed by atoms with Gasteiger partial charge in [0.2, 0.25) is 5.91 Å². The zero-order valence-corrected chi connectivity index (χ0v) is 17.2. The molecule has 0 unspecified atom stereocenters. The molecule has 1 aliphatic heterocycles. The van der Waals surface area contributed by atoms with Gasteiger partial charge >= 0.3 is 0 Å². The van der Waals surface area contributed by atoms with Crippen LogP contribution in [-0.2, 0) is 11.3 Å². The van der Waals surface area contributed by atoms with E-state index >= 15 is 0 Å². The summed E-state index contributed by atoms with van der Waals surface area (Å²) in [7, 11) is 3.38. The molecular formula is C19H29ClFN5O. The fourth-order valence-corrected chi connectivity index (χ4v) is 3.30. The van der Waals surface area contributed by atoms with Gasteiger partial charge in [-0.1, -0.05) is 17.7 Å². The molecule has 1 heterocycles. The zero-order chi connectivity index (χ0) is 20.0. The monoisotopic (exact) mass is 397 g/mol. The first kappa shape index (κ1) is 21.4. The molecule has 6 nitrogen and oxygen atoms in total. The third-order valence-electron chi connectivity index (χ3n) is 4.86. The van der Waals surface area contributed by atoms with E-state index in [-0.39, 0.29) is 11.7 Å². The lowest BCUT2D eigenvalue weighted by Crippen LogP contribution is -2.54. The Balaban J connectivity index is 1.89. The number of halogens is 2. The molecule has 1 aromatic carbocycles. The van der Waals surface area contributed by atoms with Crippen LogP contribution in [0.2, 0.25) is 5.02 Å². The third kappa shape index (κ3) is 5.56. The Bertz CT molecular complexity index is 666. The zero-order valence-electron chi connectivity index (χ0n) is 16.5. The Morgan fingerprint density at radius 2 is 1.96 bits per heavy atom. The van der Waals surface area contributed by atoms with Crippen LogP contribution < -0.4 is 10.6 Å². The summed E-state index contributed by atoms with van der Waals surface area (Å²) in [4.78, 5) is 20.6. The van der Waals surface area contributed by atoms with Crippen molar-refractivity contribution < 1.29 is 9.18 Å². The molecule has 150 valence electrons. The Morgan fingerprint density at radius 1 is 1.30 bits per heavy atom. The lowest BCUT2D eigenvalue weighted by molar-refractivity contribution is -0.128. The van der Waals surface area contributed by atoms with Gasteiger partial charge in [-0.25, -0.2) is 4.39 Å². The topological polar surface area (TPSA) is 60.0 Å². The molecule has 8 heteroatoms. The van der Waals surface area contributed by atoms with Crippen molar-refractivity contribution in [1.29, 1.82) is 0 Å². The van der Waals surface area contributed by atoms with Gasteiger partial charge in [0.05, 0.1) is 5.41 Å². The highest BCUT2D eigenvalue weighted by Gasteiger charge is 2.28. The van der Waals surface area contributed by atoms with Crippen LogP contribution in [-0.4, -0.2) is 68.5 Å². The number of piperazine rings is 1. The summed E-state index contributed by atoms with van der Waals surface area (Å²) in [6, 6.07) is 4.78. The summed E-state index contributed by atoms with van der Waals surface area (Å²) in [5.41, 5.74) is 0.0103. The summed E-state index contributed by atoms with van der Waals surface area (Å²) >= 11 is 6.13. The summed E-state index contributed by atoms with van der Waals surface area (Å²) in [6.07, 6.45) is 0. The predicted octanol–water partition coefficient (Wildman–Crippen LogP) is 1.94. The van der Waals surface area contributed by atoms with E-state index in [4.69, 9.17) is 11.6 Å². The number of benzene rings is 1.